The number of benzene rings is 2. The fourth-order valence-electron chi connectivity index (χ4n) is 3.68. The molecule has 0 radical (unpaired) electrons. The lowest BCUT2D eigenvalue weighted by Gasteiger charge is -2.25. The summed E-state index contributed by atoms with van der Waals surface area (Å²) >= 11 is 0. The van der Waals surface area contributed by atoms with Crippen molar-refractivity contribution in [2.24, 2.45) is 0 Å². The van der Waals surface area contributed by atoms with Gasteiger partial charge in [0, 0.05) is 43.9 Å². The van der Waals surface area contributed by atoms with Gasteiger partial charge in [0.15, 0.2) is 0 Å². The zero-order valence-electron chi connectivity index (χ0n) is 16.9. The third-order valence-corrected chi connectivity index (χ3v) is 5.33. The summed E-state index contributed by atoms with van der Waals surface area (Å²) in [7, 11) is 4.00. The highest BCUT2D eigenvalue weighted by atomic mass is 19.1. The zero-order chi connectivity index (χ0) is 20.8. The maximum atomic E-state index is 13.0. The van der Waals surface area contributed by atoms with Gasteiger partial charge in [-0.2, -0.15) is 0 Å². The molecular formula is C22H28FN4O2+. The van der Waals surface area contributed by atoms with Crippen molar-refractivity contribution < 1.29 is 18.9 Å². The molecule has 1 atom stereocenters. The van der Waals surface area contributed by atoms with Gasteiger partial charge in [0.25, 0.3) is 0 Å². The van der Waals surface area contributed by atoms with Crippen LogP contribution in [0.3, 0.4) is 0 Å². The standard InChI is InChI=1S/C22H27FN4O2/c1-26(2)19-11-5-16(6-12-19)20(27-13-3-4-14-27)15-24-21(28)22(29)25-18-9-7-17(23)8-10-18/h5-12,20H,3-4,13-15H2,1-2H3,(H,24,28)(H,25,29)/p+1/t20-/m1/s1. The fraction of sp³-hybridized carbons (Fsp3) is 0.364. The summed E-state index contributed by atoms with van der Waals surface area (Å²) in [6.45, 7) is 2.49. The second-order valence-corrected chi connectivity index (χ2v) is 7.57. The summed E-state index contributed by atoms with van der Waals surface area (Å²) in [4.78, 5) is 27.9. The molecule has 0 bridgehead atoms. The van der Waals surface area contributed by atoms with Crippen molar-refractivity contribution >= 4 is 23.2 Å². The van der Waals surface area contributed by atoms with E-state index in [0.717, 1.165) is 24.3 Å². The number of rotatable bonds is 6. The quantitative estimate of drug-likeness (QED) is 0.643. The molecule has 0 unspecified atom stereocenters. The lowest BCUT2D eigenvalue weighted by atomic mass is 10.0. The van der Waals surface area contributed by atoms with Gasteiger partial charge < -0.3 is 20.4 Å². The summed E-state index contributed by atoms with van der Waals surface area (Å²) in [6, 6.07) is 13.7. The molecule has 2 aromatic carbocycles. The molecule has 29 heavy (non-hydrogen) atoms. The van der Waals surface area contributed by atoms with E-state index < -0.39 is 17.6 Å². The van der Waals surface area contributed by atoms with Gasteiger partial charge in [-0.15, -0.1) is 0 Å². The summed E-state index contributed by atoms with van der Waals surface area (Å²) in [5, 5.41) is 5.26. The molecule has 0 spiro atoms. The van der Waals surface area contributed by atoms with Crippen LogP contribution < -0.4 is 20.4 Å². The molecule has 1 fully saturated rings. The molecule has 2 amide bonds. The van der Waals surface area contributed by atoms with E-state index >= 15 is 0 Å². The number of carbonyl (C=O) groups excluding carboxylic acids is 2. The van der Waals surface area contributed by atoms with Crippen LogP contribution in [0.15, 0.2) is 48.5 Å². The maximum Gasteiger partial charge on any atom is 0.313 e. The summed E-state index contributed by atoms with van der Waals surface area (Å²) in [6.07, 6.45) is 2.33. The SMILES string of the molecule is CN(C)c1ccc([C@@H](CNC(=O)C(=O)Nc2ccc(F)cc2)[NH+]2CCCC2)cc1. The average Bonchev–Trinajstić information content (AvgIpc) is 3.24. The smallest absolute Gasteiger partial charge is 0.313 e. The largest absolute Gasteiger partial charge is 0.378 e. The van der Waals surface area contributed by atoms with Gasteiger partial charge in [-0.1, -0.05) is 12.1 Å². The first-order valence-corrected chi connectivity index (χ1v) is 9.90. The highest BCUT2D eigenvalue weighted by molar-refractivity contribution is 6.39. The Bertz CT molecular complexity index is 831. The molecule has 2 aromatic rings. The van der Waals surface area contributed by atoms with Crippen molar-refractivity contribution in [2.75, 3.05) is 43.9 Å². The second-order valence-electron chi connectivity index (χ2n) is 7.57. The molecule has 1 aliphatic rings. The molecule has 0 aromatic heterocycles. The van der Waals surface area contributed by atoms with E-state index in [-0.39, 0.29) is 6.04 Å². The molecule has 1 aliphatic heterocycles. The number of hydrogen-bond donors (Lipinski definition) is 3. The monoisotopic (exact) mass is 399 g/mol. The van der Waals surface area contributed by atoms with Gasteiger partial charge in [-0.05, 0) is 36.4 Å². The second kappa shape index (κ2) is 9.52. The molecule has 3 N–H and O–H groups in total. The minimum absolute atomic E-state index is 0.0938. The van der Waals surface area contributed by atoms with Crippen molar-refractivity contribution in [2.45, 2.75) is 18.9 Å². The molecule has 3 rings (SSSR count). The highest BCUT2D eigenvalue weighted by Crippen LogP contribution is 2.17. The number of carbonyl (C=O) groups is 2. The van der Waals surface area contributed by atoms with Crippen molar-refractivity contribution in [3.05, 3.63) is 59.9 Å². The molecule has 6 nitrogen and oxygen atoms in total. The number of nitrogens with one attached hydrogen (secondary N) is 3. The zero-order valence-corrected chi connectivity index (χ0v) is 16.9. The summed E-state index contributed by atoms with van der Waals surface area (Å²) in [5.41, 5.74) is 2.64. The van der Waals surface area contributed by atoms with Gasteiger partial charge in [0.2, 0.25) is 0 Å². The van der Waals surface area contributed by atoms with Crippen molar-refractivity contribution in [1.82, 2.24) is 5.32 Å². The van der Waals surface area contributed by atoms with Gasteiger partial charge in [-0.25, -0.2) is 4.39 Å². The Balaban J connectivity index is 1.63. The Morgan fingerprint density at radius 2 is 1.62 bits per heavy atom. The van der Waals surface area contributed by atoms with Crippen molar-refractivity contribution in [3.63, 3.8) is 0 Å². The van der Waals surface area contributed by atoms with E-state index in [4.69, 9.17) is 0 Å². The van der Waals surface area contributed by atoms with E-state index in [2.05, 4.69) is 34.9 Å². The summed E-state index contributed by atoms with van der Waals surface area (Å²) in [5.74, 6) is -1.85. The number of likely N-dealkylation sites (tertiary alicyclic amines) is 1. The molecule has 0 saturated carbocycles. The number of quaternary nitrogens is 1. The van der Waals surface area contributed by atoms with E-state index in [0.29, 0.717) is 12.2 Å². The molecule has 0 aliphatic carbocycles. The Labute approximate surface area is 170 Å². The molecule has 7 heteroatoms. The molecular weight excluding hydrogens is 371 g/mol. The van der Waals surface area contributed by atoms with Crippen molar-refractivity contribution in [1.29, 1.82) is 0 Å². The van der Waals surface area contributed by atoms with Crippen LogP contribution in [0, 0.1) is 5.82 Å². The first-order chi connectivity index (χ1) is 13.9. The highest BCUT2D eigenvalue weighted by Gasteiger charge is 2.28. The normalized spacial score (nSPS) is 15.0. The van der Waals surface area contributed by atoms with Crippen LogP contribution in [0.5, 0.6) is 0 Å². The van der Waals surface area contributed by atoms with Crippen LogP contribution in [0.2, 0.25) is 0 Å². The van der Waals surface area contributed by atoms with Crippen LogP contribution in [0.25, 0.3) is 0 Å². The topological polar surface area (TPSA) is 65.9 Å². The molecule has 1 saturated heterocycles. The van der Waals surface area contributed by atoms with E-state index in [1.807, 2.05) is 19.0 Å². The third-order valence-electron chi connectivity index (χ3n) is 5.33. The maximum absolute atomic E-state index is 13.0. The Morgan fingerprint density at radius 1 is 1.00 bits per heavy atom. The first kappa shape index (κ1) is 20.8. The Kier molecular flexibility index (Phi) is 6.82. The lowest BCUT2D eigenvalue weighted by molar-refractivity contribution is -0.918. The summed E-state index contributed by atoms with van der Waals surface area (Å²) < 4.78 is 13.0. The number of nitrogens with zero attached hydrogens (tertiary/aromatic N) is 1. The van der Waals surface area contributed by atoms with Crippen LogP contribution in [0.1, 0.15) is 24.4 Å². The lowest BCUT2D eigenvalue weighted by Crippen LogP contribution is -3.11. The van der Waals surface area contributed by atoms with Crippen molar-refractivity contribution in [3.8, 4) is 0 Å². The Morgan fingerprint density at radius 3 is 2.21 bits per heavy atom. The number of amides is 2. The predicted octanol–water partition coefficient (Wildman–Crippen LogP) is 1.37. The predicted molar refractivity (Wildman–Crippen MR) is 111 cm³/mol. The van der Waals surface area contributed by atoms with Crippen LogP contribution in [0.4, 0.5) is 15.8 Å². The number of halogens is 1. The first-order valence-electron chi connectivity index (χ1n) is 9.90. The minimum atomic E-state index is -0.755. The average molecular weight is 399 g/mol. The van der Waals surface area contributed by atoms with E-state index in [1.54, 1.807) is 0 Å². The van der Waals surface area contributed by atoms with Gasteiger partial charge >= 0.3 is 11.8 Å². The molecule has 1 heterocycles. The van der Waals surface area contributed by atoms with Crippen LogP contribution >= 0.6 is 0 Å². The van der Waals surface area contributed by atoms with Gasteiger partial charge in [-0.3, -0.25) is 9.59 Å². The van der Waals surface area contributed by atoms with E-state index in [1.165, 1.54) is 42.0 Å². The van der Waals surface area contributed by atoms with E-state index in [9.17, 15) is 14.0 Å². The van der Waals surface area contributed by atoms with Gasteiger partial charge in [0.1, 0.15) is 11.9 Å². The number of hydrogen-bond acceptors (Lipinski definition) is 3. The van der Waals surface area contributed by atoms with Crippen LogP contribution in [-0.2, 0) is 9.59 Å². The van der Waals surface area contributed by atoms with Gasteiger partial charge in [0.05, 0.1) is 19.6 Å². The molecule has 154 valence electrons. The minimum Gasteiger partial charge on any atom is -0.378 e. The van der Waals surface area contributed by atoms with Crippen LogP contribution in [-0.4, -0.2) is 45.5 Å². The third kappa shape index (κ3) is 5.54. The fourth-order valence-corrected chi connectivity index (χ4v) is 3.68. The number of anilines is 2. The Hall–Kier alpha value is -2.93.